The largest absolute Gasteiger partial charge is 0.424 e. The van der Waals surface area contributed by atoms with Gasteiger partial charge in [0.1, 0.15) is 0 Å². The second-order valence-corrected chi connectivity index (χ2v) is 6.36. The van der Waals surface area contributed by atoms with Crippen LogP contribution in [0.25, 0.3) is 0 Å². The Morgan fingerprint density at radius 3 is 2.58 bits per heavy atom. The summed E-state index contributed by atoms with van der Waals surface area (Å²) in [7, 11) is -2.22. The number of nitrogens with two attached hydrogens (primary N) is 1. The molecule has 0 radical (unpaired) electrons. The average Bonchev–Trinajstić information content (AvgIpc) is 2.42. The highest BCUT2D eigenvalue weighted by Gasteiger charge is 2.04. The van der Waals surface area contributed by atoms with Crippen LogP contribution in [-0.4, -0.2) is 51.1 Å². The van der Waals surface area contributed by atoms with Gasteiger partial charge in [0, 0.05) is 31.9 Å². The molecule has 0 saturated carbocycles. The van der Waals surface area contributed by atoms with Gasteiger partial charge in [-0.05, 0) is 18.6 Å². The highest BCUT2D eigenvalue weighted by atomic mass is 35.5. The Labute approximate surface area is 125 Å². The van der Waals surface area contributed by atoms with E-state index in [1.807, 2.05) is 18.2 Å². The summed E-state index contributed by atoms with van der Waals surface area (Å²) < 4.78 is 10.3. The third kappa shape index (κ3) is 8.37. The molecule has 0 aliphatic carbocycles. The van der Waals surface area contributed by atoms with Crippen LogP contribution < -0.4 is 10.6 Å². The smallest absolute Gasteiger partial charge is 0.295 e. The van der Waals surface area contributed by atoms with Gasteiger partial charge in [0.25, 0.3) is 20.0 Å². The maximum atomic E-state index is 8.58. The Hall–Kier alpha value is -0.416. The van der Waals surface area contributed by atoms with Crippen LogP contribution in [-0.2, 0) is 8.54 Å². The fourth-order valence-corrected chi connectivity index (χ4v) is 2.77. The van der Waals surface area contributed by atoms with E-state index < -0.39 is 20.0 Å². The fourth-order valence-electron chi connectivity index (χ4n) is 1.68. The van der Waals surface area contributed by atoms with Gasteiger partial charge in [0.05, 0.1) is 0 Å². The molecule has 0 heterocycles. The molecule has 3 N–H and O–H groups in total. The van der Waals surface area contributed by atoms with E-state index in [1.165, 1.54) is 5.69 Å². The predicted molar refractivity (Wildman–Crippen MR) is 85.9 cm³/mol. The molecule has 5 nitrogen and oxygen atoms in total. The van der Waals surface area contributed by atoms with Crippen molar-refractivity contribution in [3.63, 3.8) is 0 Å². The minimum absolute atomic E-state index is 0. The Morgan fingerprint density at radius 2 is 1.95 bits per heavy atom. The molecular weight excluding hydrogens is 300 g/mol. The van der Waals surface area contributed by atoms with E-state index >= 15 is 0 Å². The molecule has 0 aliphatic rings. The molecule has 1 aromatic rings. The van der Waals surface area contributed by atoms with Crippen LogP contribution in [0.3, 0.4) is 0 Å². The maximum Gasteiger partial charge on any atom is 0.295 e. The minimum atomic E-state index is -1.28. The van der Waals surface area contributed by atoms with Gasteiger partial charge in [0.15, 0.2) is 0 Å². The van der Waals surface area contributed by atoms with E-state index in [2.05, 4.69) is 17.0 Å². The number of anilines is 1. The van der Waals surface area contributed by atoms with Crippen molar-refractivity contribution >= 4 is 38.1 Å². The monoisotopic (exact) mass is 322 g/mol. The summed E-state index contributed by atoms with van der Waals surface area (Å²) in [6.07, 6.45) is 0.943. The van der Waals surface area contributed by atoms with Crippen molar-refractivity contribution in [3.8, 4) is 0 Å². The lowest BCUT2D eigenvalue weighted by Crippen LogP contribution is -2.31. The van der Waals surface area contributed by atoms with Crippen LogP contribution in [0, 0.1) is 0 Å². The first-order valence-electron chi connectivity index (χ1n) is 6.15. The number of para-hydroxylation sites is 1. The standard InChI is InChI=1S/C11H22N2O3Si2.ClH/c12-7-9-13(11-5-2-1-3-6-11)8-4-10-15-18-16-17-14;/h1-3,5-6,14H,4,7-10,12,17-18H2;1H. The lowest BCUT2D eigenvalue weighted by molar-refractivity contribution is 0.278. The molecule has 1 aromatic carbocycles. The van der Waals surface area contributed by atoms with E-state index in [-0.39, 0.29) is 12.4 Å². The van der Waals surface area contributed by atoms with Crippen molar-refractivity contribution < 1.29 is 13.3 Å². The van der Waals surface area contributed by atoms with Gasteiger partial charge in [0.2, 0.25) is 0 Å². The summed E-state index contributed by atoms with van der Waals surface area (Å²) >= 11 is 0. The summed E-state index contributed by atoms with van der Waals surface area (Å²) in [5.41, 5.74) is 6.82. The van der Waals surface area contributed by atoms with Gasteiger partial charge in [-0.2, -0.15) is 0 Å². The number of nitrogens with zero attached hydrogens (tertiary/aromatic N) is 1. The maximum absolute atomic E-state index is 8.58. The molecule has 0 aromatic heterocycles. The van der Waals surface area contributed by atoms with Crippen molar-refractivity contribution in [3.05, 3.63) is 30.3 Å². The van der Waals surface area contributed by atoms with E-state index in [4.69, 9.17) is 19.1 Å². The third-order valence-electron chi connectivity index (χ3n) is 2.50. The Morgan fingerprint density at radius 1 is 1.21 bits per heavy atom. The van der Waals surface area contributed by atoms with Gasteiger partial charge in [-0.15, -0.1) is 12.4 Å². The van der Waals surface area contributed by atoms with Gasteiger partial charge in [-0.25, -0.2) is 0 Å². The van der Waals surface area contributed by atoms with Crippen molar-refractivity contribution in [2.45, 2.75) is 6.42 Å². The number of halogens is 1. The molecule has 0 fully saturated rings. The Bertz CT molecular complexity index is 309. The van der Waals surface area contributed by atoms with Crippen LogP contribution in [0.1, 0.15) is 6.42 Å². The lowest BCUT2D eigenvalue weighted by Gasteiger charge is -2.24. The number of rotatable bonds is 10. The predicted octanol–water partition coefficient (Wildman–Crippen LogP) is -0.713. The van der Waals surface area contributed by atoms with Crippen LogP contribution >= 0.6 is 12.4 Å². The van der Waals surface area contributed by atoms with Crippen LogP contribution in [0.2, 0.25) is 0 Å². The van der Waals surface area contributed by atoms with Gasteiger partial charge in [-0.3, -0.25) is 0 Å². The summed E-state index contributed by atoms with van der Waals surface area (Å²) in [6.45, 7) is 3.10. The topological polar surface area (TPSA) is 68.0 Å². The normalized spacial score (nSPS) is 11.3. The third-order valence-corrected chi connectivity index (χ3v) is 4.35. The zero-order chi connectivity index (χ0) is 13.1. The molecule has 0 saturated heterocycles. The Kier molecular flexibility index (Phi) is 12.3. The summed E-state index contributed by atoms with van der Waals surface area (Å²) in [5, 5.41) is 0. The van der Waals surface area contributed by atoms with E-state index in [9.17, 15) is 0 Å². The highest BCUT2D eigenvalue weighted by molar-refractivity contribution is 6.33. The van der Waals surface area contributed by atoms with E-state index in [0.717, 1.165) is 19.5 Å². The summed E-state index contributed by atoms with van der Waals surface area (Å²) in [4.78, 5) is 10.8. The highest BCUT2D eigenvalue weighted by Crippen LogP contribution is 2.12. The second-order valence-electron chi connectivity index (χ2n) is 3.82. The molecule has 0 bridgehead atoms. The first-order valence-corrected chi connectivity index (χ1v) is 8.51. The molecule has 0 amide bonds. The molecule has 0 aliphatic heterocycles. The SMILES string of the molecule is Cl.NCCN(CCCO[SiH2]O[SiH2]O)c1ccccc1. The Balaban J connectivity index is 0.00000324. The van der Waals surface area contributed by atoms with Gasteiger partial charge >= 0.3 is 0 Å². The fraction of sp³-hybridized carbons (Fsp3) is 0.455. The van der Waals surface area contributed by atoms with Crippen molar-refractivity contribution in [1.29, 1.82) is 0 Å². The first-order chi connectivity index (χ1) is 8.88. The molecule has 0 atom stereocenters. The minimum Gasteiger partial charge on any atom is -0.424 e. The molecule has 1 rings (SSSR count). The van der Waals surface area contributed by atoms with Crippen LogP contribution in [0.4, 0.5) is 5.69 Å². The molecule has 8 heteroatoms. The van der Waals surface area contributed by atoms with Crippen LogP contribution in [0.15, 0.2) is 30.3 Å². The molecule has 110 valence electrons. The quantitative estimate of drug-likeness (QED) is 0.440. The molecule has 0 unspecified atom stereocenters. The zero-order valence-electron chi connectivity index (χ0n) is 11.0. The van der Waals surface area contributed by atoms with Crippen molar-refractivity contribution in [1.82, 2.24) is 0 Å². The van der Waals surface area contributed by atoms with E-state index in [1.54, 1.807) is 0 Å². The lowest BCUT2D eigenvalue weighted by atomic mass is 10.2. The first kappa shape index (κ1) is 18.6. The molecule has 19 heavy (non-hydrogen) atoms. The van der Waals surface area contributed by atoms with Gasteiger partial charge < -0.3 is 24.0 Å². The number of hydrogen-bond donors (Lipinski definition) is 2. The number of hydrogen-bond acceptors (Lipinski definition) is 5. The summed E-state index contributed by atoms with van der Waals surface area (Å²) in [6, 6.07) is 10.2. The van der Waals surface area contributed by atoms with Gasteiger partial charge in [-0.1, -0.05) is 18.2 Å². The van der Waals surface area contributed by atoms with Crippen molar-refractivity contribution in [2.24, 2.45) is 5.73 Å². The molecule has 0 spiro atoms. The summed E-state index contributed by atoms with van der Waals surface area (Å²) in [5.74, 6) is 0. The molecular formula is C11H23ClN2O3Si2. The van der Waals surface area contributed by atoms with Crippen molar-refractivity contribution in [2.75, 3.05) is 31.1 Å². The van der Waals surface area contributed by atoms with Crippen LogP contribution in [0.5, 0.6) is 0 Å². The second kappa shape index (κ2) is 12.6. The van der Waals surface area contributed by atoms with E-state index in [0.29, 0.717) is 13.2 Å². The average molecular weight is 323 g/mol. The zero-order valence-corrected chi connectivity index (χ0v) is 14.7. The number of benzene rings is 1.